The van der Waals surface area contributed by atoms with E-state index in [1.807, 2.05) is 19.3 Å². The van der Waals surface area contributed by atoms with Crippen molar-refractivity contribution in [3.05, 3.63) is 46.0 Å². The van der Waals surface area contributed by atoms with Crippen LogP contribution in [0.2, 0.25) is 0 Å². The lowest BCUT2D eigenvalue weighted by Gasteiger charge is -2.12. The highest BCUT2D eigenvalue weighted by Crippen LogP contribution is 2.39. The first-order valence-electron chi connectivity index (χ1n) is 9.76. The van der Waals surface area contributed by atoms with Gasteiger partial charge in [-0.05, 0) is 43.2 Å². The second-order valence-electron chi connectivity index (χ2n) is 7.76. The normalized spacial score (nSPS) is 15.2. The smallest absolute Gasteiger partial charge is 0.259 e. The third-order valence-corrected chi connectivity index (χ3v) is 6.58. The Balaban J connectivity index is 1.81. The van der Waals surface area contributed by atoms with E-state index in [-0.39, 0.29) is 5.56 Å². The van der Waals surface area contributed by atoms with E-state index in [0.29, 0.717) is 11.8 Å². The van der Waals surface area contributed by atoms with E-state index in [9.17, 15) is 4.79 Å². The first kappa shape index (κ1) is 18.2. The van der Waals surface area contributed by atoms with Gasteiger partial charge in [-0.15, -0.1) is 11.3 Å². The number of hydrogen-bond acceptors (Lipinski definition) is 4. The van der Waals surface area contributed by atoms with Gasteiger partial charge in [-0.3, -0.25) is 9.78 Å². The summed E-state index contributed by atoms with van der Waals surface area (Å²) in [5, 5.41) is 0.809. The lowest BCUT2D eigenvalue weighted by Crippen LogP contribution is -2.15. The predicted octanol–water partition coefficient (Wildman–Crippen LogP) is 5.04. The minimum Gasteiger partial charge on any atom is -0.491 e. The summed E-state index contributed by atoms with van der Waals surface area (Å²) in [6, 6.07) is 4.08. The Kier molecular flexibility index (Phi) is 5.04. The van der Waals surface area contributed by atoms with Crippen LogP contribution in [0.25, 0.3) is 21.2 Å². The first-order chi connectivity index (χ1) is 13.1. The van der Waals surface area contributed by atoms with Gasteiger partial charge in [0, 0.05) is 40.1 Å². The van der Waals surface area contributed by atoms with E-state index < -0.39 is 0 Å². The molecule has 0 radical (unpaired) electrons. The molecule has 0 saturated heterocycles. The minimum atomic E-state index is 0.0647. The van der Waals surface area contributed by atoms with Gasteiger partial charge in [0.05, 0.1) is 18.2 Å². The Bertz CT molecular complexity index is 1020. The molecule has 0 aliphatic heterocycles. The number of thiophene rings is 1. The number of nitrogens with zero attached hydrogens (tertiary/aromatic N) is 2. The summed E-state index contributed by atoms with van der Waals surface area (Å²) in [6.45, 7) is 5.22. The molecule has 3 heterocycles. The standard InChI is InChI=1S/C22H26N2O2S/c1-4-14(2)9-16-10-18-21(27-16)19(12-24(3)22(18)25)17-7-8-23-11-20(17)26-13-15-5-6-15/h7-8,10-12,14-15H,4-6,9,13H2,1-3H3/t14-/m1/s1. The highest BCUT2D eigenvalue weighted by atomic mass is 32.1. The molecule has 0 aromatic carbocycles. The summed E-state index contributed by atoms with van der Waals surface area (Å²) in [5.74, 6) is 2.10. The van der Waals surface area contributed by atoms with Gasteiger partial charge in [0.1, 0.15) is 5.75 Å². The van der Waals surface area contributed by atoms with Crippen LogP contribution in [0.5, 0.6) is 5.75 Å². The fraction of sp³-hybridized carbons (Fsp3) is 0.455. The lowest BCUT2D eigenvalue weighted by molar-refractivity contribution is 0.300. The van der Waals surface area contributed by atoms with Crippen molar-refractivity contribution in [3.63, 3.8) is 0 Å². The molecule has 0 amide bonds. The molecule has 1 atom stereocenters. The number of fused-ring (bicyclic) bond motifs is 1. The van der Waals surface area contributed by atoms with Crippen LogP contribution in [0.4, 0.5) is 0 Å². The van der Waals surface area contributed by atoms with Gasteiger partial charge in [-0.1, -0.05) is 20.3 Å². The van der Waals surface area contributed by atoms with Crippen LogP contribution in [0, 0.1) is 11.8 Å². The van der Waals surface area contributed by atoms with Crippen LogP contribution < -0.4 is 10.3 Å². The van der Waals surface area contributed by atoms with Crippen LogP contribution >= 0.6 is 11.3 Å². The molecule has 1 aliphatic rings. The van der Waals surface area contributed by atoms with Crippen molar-refractivity contribution in [3.8, 4) is 16.9 Å². The molecule has 4 nitrogen and oxygen atoms in total. The van der Waals surface area contributed by atoms with Crippen LogP contribution in [0.15, 0.2) is 35.5 Å². The third-order valence-electron chi connectivity index (χ3n) is 5.39. The molecule has 142 valence electrons. The summed E-state index contributed by atoms with van der Waals surface area (Å²) in [4.78, 5) is 18.2. The molecular formula is C22H26N2O2S. The molecule has 0 N–H and O–H groups in total. The summed E-state index contributed by atoms with van der Waals surface area (Å²) in [7, 11) is 1.82. The molecule has 5 heteroatoms. The average molecular weight is 383 g/mol. The summed E-state index contributed by atoms with van der Waals surface area (Å²) in [5.41, 5.74) is 2.14. The second-order valence-corrected chi connectivity index (χ2v) is 8.89. The molecule has 1 aliphatic carbocycles. The molecule has 1 fully saturated rings. The lowest BCUT2D eigenvalue weighted by atomic mass is 10.0. The number of pyridine rings is 2. The van der Waals surface area contributed by atoms with Gasteiger partial charge in [0.25, 0.3) is 5.56 Å². The molecule has 3 aromatic heterocycles. The van der Waals surface area contributed by atoms with E-state index in [4.69, 9.17) is 4.74 Å². The third kappa shape index (κ3) is 3.79. The van der Waals surface area contributed by atoms with Crippen molar-refractivity contribution in [1.29, 1.82) is 0 Å². The minimum absolute atomic E-state index is 0.0647. The van der Waals surface area contributed by atoms with Crippen molar-refractivity contribution >= 4 is 21.4 Å². The number of ether oxygens (including phenoxy) is 1. The molecular weight excluding hydrogens is 356 g/mol. The first-order valence-corrected chi connectivity index (χ1v) is 10.6. The van der Waals surface area contributed by atoms with Crippen LogP contribution in [0.3, 0.4) is 0 Å². The van der Waals surface area contributed by atoms with Gasteiger partial charge < -0.3 is 9.30 Å². The molecule has 0 spiro atoms. The summed E-state index contributed by atoms with van der Waals surface area (Å²) < 4.78 is 8.82. The maximum atomic E-state index is 12.7. The number of aromatic nitrogens is 2. The zero-order valence-corrected chi connectivity index (χ0v) is 17.0. The fourth-order valence-corrected chi connectivity index (χ4v) is 4.63. The van der Waals surface area contributed by atoms with Crippen LogP contribution in [0.1, 0.15) is 38.0 Å². The second kappa shape index (κ2) is 7.47. The number of aryl methyl sites for hydroxylation is 1. The maximum Gasteiger partial charge on any atom is 0.259 e. The van der Waals surface area contributed by atoms with E-state index in [1.54, 1.807) is 28.3 Å². The quantitative estimate of drug-likeness (QED) is 0.575. The zero-order chi connectivity index (χ0) is 19.0. The van der Waals surface area contributed by atoms with Crippen molar-refractivity contribution in [1.82, 2.24) is 9.55 Å². The van der Waals surface area contributed by atoms with E-state index in [1.165, 1.54) is 17.7 Å². The monoisotopic (exact) mass is 382 g/mol. The van der Waals surface area contributed by atoms with Crippen molar-refractivity contribution in [2.24, 2.45) is 18.9 Å². The predicted molar refractivity (Wildman–Crippen MR) is 112 cm³/mol. The Labute approximate surface area is 163 Å². The number of hydrogen-bond donors (Lipinski definition) is 0. The van der Waals surface area contributed by atoms with Gasteiger partial charge in [0.2, 0.25) is 0 Å². The summed E-state index contributed by atoms with van der Waals surface area (Å²) >= 11 is 1.74. The Morgan fingerprint density at radius 1 is 1.37 bits per heavy atom. The molecule has 3 aromatic rings. The van der Waals surface area contributed by atoms with Gasteiger partial charge in [-0.25, -0.2) is 0 Å². The van der Waals surface area contributed by atoms with Crippen molar-refractivity contribution < 1.29 is 4.74 Å². The average Bonchev–Trinajstić information content (AvgIpc) is 3.41. The van der Waals surface area contributed by atoms with Crippen molar-refractivity contribution in [2.75, 3.05) is 6.61 Å². The Morgan fingerprint density at radius 2 is 2.19 bits per heavy atom. The topological polar surface area (TPSA) is 44.1 Å². The van der Waals surface area contributed by atoms with Gasteiger partial charge in [0.15, 0.2) is 0 Å². The Morgan fingerprint density at radius 3 is 2.93 bits per heavy atom. The van der Waals surface area contributed by atoms with E-state index in [0.717, 1.165) is 46.4 Å². The molecule has 4 rings (SSSR count). The Hall–Kier alpha value is -2.14. The van der Waals surface area contributed by atoms with E-state index in [2.05, 4.69) is 24.9 Å². The molecule has 1 saturated carbocycles. The highest BCUT2D eigenvalue weighted by Gasteiger charge is 2.23. The maximum absolute atomic E-state index is 12.7. The molecule has 27 heavy (non-hydrogen) atoms. The molecule has 0 bridgehead atoms. The largest absolute Gasteiger partial charge is 0.491 e. The number of rotatable bonds is 7. The zero-order valence-electron chi connectivity index (χ0n) is 16.2. The summed E-state index contributed by atoms with van der Waals surface area (Å²) in [6.07, 6.45) is 10.2. The molecule has 0 unspecified atom stereocenters. The van der Waals surface area contributed by atoms with Crippen molar-refractivity contribution in [2.45, 2.75) is 39.5 Å². The highest BCUT2D eigenvalue weighted by molar-refractivity contribution is 7.19. The van der Waals surface area contributed by atoms with Crippen LogP contribution in [-0.2, 0) is 13.5 Å². The SMILES string of the molecule is CC[C@@H](C)Cc1cc2c(=O)n(C)cc(-c3ccncc3OCC3CC3)c2s1. The van der Waals surface area contributed by atoms with Gasteiger partial charge in [-0.2, -0.15) is 0 Å². The van der Waals surface area contributed by atoms with Gasteiger partial charge >= 0.3 is 0 Å². The van der Waals surface area contributed by atoms with E-state index >= 15 is 0 Å². The fourth-order valence-electron chi connectivity index (χ4n) is 3.29. The van der Waals surface area contributed by atoms with Crippen LogP contribution in [-0.4, -0.2) is 16.2 Å².